The van der Waals surface area contributed by atoms with E-state index in [4.69, 9.17) is 9.52 Å². The molecule has 0 amide bonds. The van der Waals surface area contributed by atoms with Crippen molar-refractivity contribution in [3.8, 4) is 0 Å². The Kier molecular flexibility index (Phi) is 6.72. The Hall–Kier alpha value is -1.10. The SMILES string of the molecule is CCCCCCCS(=O)Cc1ccc(C(=O)O)o1. The number of aromatic carboxylic acids is 1. The lowest BCUT2D eigenvalue weighted by atomic mass is 10.2. The van der Waals surface area contributed by atoms with Gasteiger partial charge in [0.1, 0.15) is 5.76 Å². The topological polar surface area (TPSA) is 67.5 Å². The first-order valence-electron chi connectivity index (χ1n) is 6.30. The molecule has 0 aromatic carbocycles. The van der Waals surface area contributed by atoms with Gasteiger partial charge in [0.15, 0.2) is 0 Å². The third kappa shape index (κ3) is 5.49. The van der Waals surface area contributed by atoms with E-state index < -0.39 is 16.8 Å². The van der Waals surface area contributed by atoms with Crippen LogP contribution in [0.2, 0.25) is 0 Å². The van der Waals surface area contributed by atoms with E-state index in [1.165, 1.54) is 25.3 Å². The van der Waals surface area contributed by atoms with E-state index in [0.29, 0.717) is 17.3 Å². The Morgan fingerprint density at radius 1 is 1.28 bits per heavy atom. The van der Waals surface area contributed by atoms with Gasteiger partial charge in [-0.1, -0.05) is 32.6 Å². The fourth-order valence-electron chi connectivity index (χ4n) is 1.67. The average molecular weight is 272 g/mol. The molecule has 0 radical (unpaired) electrons. The predicted octanol–water partition coefficient (Wildman–Crippen LogP) is 3.20. The van der Waals surface area contributed by atoms with E-state index in [1.54, 1.807) is 6.07 Å². The van der Waals surface area contributed by atoms with Crippen LogP contribution in [0.25, 0.3) is 0 Å². The Morgan fingerprint density at radius 2 is 2.00 bits per heavy atom. The van der Waals surface area contributed by atoms with Crippen molar-refractivity contribution >= 4 is 16.8 Å². The average Bonchev–Trinajstić information content (AvgIpc) is 2.77. The van der Waals surface area contributed by atoms with Crippen LogP contribution < -0.4 is 0 Å². The van der Waals surface area contributed by atoms with Gasteiger partial charge in [0.25, 0.3) is 0 Å². The van der Waals surface area contributed by atoms with Crippen LogP contribution in [0.15, 0.2) is 16.5 Å². The summed E-state index contributed by atoms with van der Waals surface area (Å²) in [7, 11) is -0.963. The summed E-state index contributed by atoms with van der Waals surface area (Å²) < 4.78 is 16.8. The third-order valence-corrected chi connectivity index (χ3v) is 4.00. The van der Waals surface area contributed by atoms with Gasteiger partial charge >= 0.3 is 5.97 Å². The van der Waals surface area contributed by atoms with Gasteiger partial charge in [-0.2, -0.15) is 0 Å². The zero-order chi connectivity index (χ0) is 13.4. The molecule has 4 nitrogen and oxygen atoms in total. The lowest BCUT2D eigenvalue weighted by Crippen LogP contribution is -2.00. The van der Waals surface area contributed by atoms with E-state index in [2.05, 4.69) is 6.92 Å². The number of carboxylic acids is 1. The van der Waals surface area contributed by atoms with Crippen molar-refractivity contribution in [3.63, 3.8) is 0 Å². The standard InChI is InChI=1S/C13H20O4S/c1-2-3-4-5-6-9-18(16)10-11-7-8-12(17-11)13(14)15/h7-8H,2-6,9-10H2,1H3,(H,14,15). The first-order chi connectivity index (χ1) is 8.63. The molecule has 18 heavy (non-hydrogen) atoms. The molecule has 1 rings (SSSR count). The molecule has 0 saturated heterocycles. The first-order valence-corrected chi connectivity index (χ1v) is 7.79. The van der Waals surface area contributed by atoms with E-state index >= 15 is 0 Å². The normalized spacial score (nSPS) is 12.5. The van der Waals surface area contributed by atoms with Crippen LogP contribution in [0.4, 0.5) is 0 Å². The molecule has 102 valence electrons. The number of unbranched alkanes of at least 4 members (excludes halogenated alkanes) is 4. The van der Waals surface area contributed by atoms with E-state index in [0.717, 1.165) is 12.8 Å². The maximum Gasteiger partial charge on any atom is 0.371 e. The number of rotatable bonds is 9. The zero-order valence-electron chi connectivity index (χ0n) is 10.7. The highest BCUT2D eigenvalue weighted by molar-refractivity contribution is 7.84. The summed E-state index contributed by atoms with van der Waals surface area (Å²) in [6.07, 6.45) is 5.69. The lowest BCUT2D eigenvalue weighted by Gasteiger charge is -2.00. The number of hydrogen-bond donors (Lipinski definition) is 1. The zero-order valence-corrected chi connectivity index (χ0v) is 11.5. The van der Waals surface area contributed by atoms with Crippen molar-refractivity contribution in [2.75, 3.05) is 5.75 Å². The van der Waals surface area contributed by atoms with Crippen molar-refractivity contribution in [1.82, 2.24) is 0 Å². The summed E-state index contributed by atoms with van der Waals surface area (Å²) in [5, 5.41) is 8.69. The second kappa shape index (κ2) is 8.08. The summed E-state index contributed by atoms with van der Waals surface area (Å²) in [6, 6.07) is 2.98. The lowest BCUT2D eigenvalue weighted by molar-refractivity contribution is 0.0661. The number of carbonyl (C=O) groups is 1. The van der Waals surface area contributed by atoms with Crippen LogP contribution >= 0.6 is 0 Å². The smallest absolute Gasteiger partial charge is 0.371 e. The van der Waals surface area contributed by atoms with E-state index in [1.807, 2.05) is 0 Å². The molecule has 1 atom stereocenters. The highest BCUT2D eigenvalue weighted by Crippen LogP contribution is 2.11. The van der Waals surface area contributed by atoms with E-state index in [9.17, 15) is 9.00 Å². The van der Waals surface area contributed by atoms with Gasteiger partial charge in [0.05, 0.1) is 5.75 Å². The first kappa shape index (κ1) is 15.0. The summed E-state index contributed by atoms with van der Waals surface area (Å²) in [6.45, 7) is 2.16. The van der Waals surface area contributed by atoms with E-state index in [-0.39, 0.29) is 5.76 Å². The molecule has 0 aliphatic carbocycles. The molecule has 5 heteroatoms. The van der Waals surface area contributed by atoms with Crippen LogP contribution in [-0.2, 0) is 16.6 Å². The highest BCUT2D eigenvalue weighted by Gasteiger charge is 2.10. The van der Waals surface area contributed by atoms with Crippen molar-refractivity contribution in [2.45, 2.75) is 44.8 Å². The van der Waals surface area contributed by atoms with Crippen LogP contribution in [0.3, 0.4) is 0 Å². The second-order valence-corrected chi connectivity index (χ2v) is 5.85. The van der Waals surface area contributed by atoms with Gasteiger partial charge in [-0.25, -0.2) is 4.79 Å². The Balaban J connectivity index is 2.24. The molecule has 0 spiro atoms. The second-order valence-electron chi connectivity index (χ2n) is 4.27. The quantitative estimate of drug-likeness (QED) is 0.701. The third-order valence-electron chi connectivity index (χ3n) is 2.65. The Labute approximate surface area is 110 Å². The molecule has 1 unspecified atom stereocenters. The molecular formula is C13H20O4S. The Bertz CT molecular complexity index is 397. The van der Waals surface area contributed by atoms with Gasteiger partial charge in [-0.15, -0.1) is 0 Å². The maximum atomic E-state index is 11.7. The molecule has 0 aliphatic heterocycles. The predicted molar refractivity (Wildman–Crippen MR) is 71.1 cm³/mol. The highest BCUT2D eigenvalue weighted by atomic mass is 32.2. The molecular weight excluding hydrogens is 252 g/mol. The number of hydrogen-bond acceptors (Lipinski definition) is 3. The fourth-order valence-corrected chi connectivity index (χ4v) is 2.81. The van der Waals surface area contributed by atoms with Crippen molar-refractivity contribution in [2.24, 2.45) is 0 Å². The van der Waals surface area contributed by atoms with Crippen LogP contribution in [0, 0.1) is 0 Å². The van der Waals surface area contributed by atoms with Crippen molar-refractivity contribution in [3.05, 3.63) is 23.7 Å². The maximum absolute atomic E-state index is 11.7. The minimum atomic E-state index is -1.09. The molecule has 0 bridgehead atoms. The van der Waals surface area contributed by atoms with Gasteiger partial charge in [-0.05, 0) is 18.6 Å². The summed E-state index contributed by atoms with van der Waals surface area (Å²) >= 11 is 0. The monoisotopic (exact) mass is 272 g/mol. The van der Waals surface area contributed by atoms with Crippen LogP contribution in [0.5, 0.6) is 0 Å². The molecule has 1 aromatic heterocycles. The molecule has 0 saturated carbocycles. The molecule has 1 aromatic rings. The molecule has 0 aliphatic rings. The van der Waals surface area contributed by atoms with Gasteiger partial charge in [-0.3, -0.25) is 4.21 Å². The van der Waals surface area contributed by atoms with Gasteiger partial charge in [0.2, 0.25) is 5.76 Å². The van der Waals surface area contributed by atoms with Crippen LogP contribution in [-0.4, -0.2) is 21.0 Å². The van der Waals surface area contributed by atoms with Crippen LogP contribution in [0.1, 0.15) is 55.3 Å². The van der Waals surface area contributed by atoms with Gasteiger partial charge in [0, 0.05) is 16.6 Å². The van der Waals surface area contributed by atoms with Gasteiger partial charge < -0.3 is 9.52 Å². The summed E-state index contributed by atoms with van der Waals surface area (Å²) in [5.74, 6) is 0.268. The summed E-state index contributed by atoms with van der Waals surface area (Å²) in [4.78, 5) is 10.6. The number of carboxylic acid groups (broad SMARTS) is 1. The van der Waals surface area contributed by atoms with Crippen molar-refractivity contribution < 1.29 is 18.5 Å². The molecule has 1 heterocycles. The number of furan rings is 1. The minimum absolute atomic E-state index is 0.0926. The Morgan fingerprint density at radius 3 is 2.61 bits per heavy atom. The molecule has 1 N–H and O–H groups in total. The van der Waals surface area contributed by atoms with Crippen molar-refractivity contribution in [1.29, 1.82) is 0 Å². The largest absolute Gasteiger partial charge is 0.475 e. The summed E-state index contributed by atoms with van der Waals surface area (Å²) in [5.41, 5.74) is 0. The molecule has 0 fully saturated rings. The fraction of sp³-hybridized carbons (Fsp3) is 0.615. The minimum Gasteiger partial charge on any atom is -0.475 e.